The molecule has 1 rings (SSSR count). The number of amides is 1. The van der Waals surface area contributed by atoms with E-state index >= 15 is 0 Å². The van der Waals surface area contributed by atoms with Crippen molar-refractivity contribution in [2.75, 3.05) is 13.1 Å². The van der Waals surface area contributed by atoms with Crippen LogP contribution in [0.1, 0.15) is 28.8 Å². The molecule has 0 fully saturated rings. The SMILES string of the molecule is N=C(N)NCCCCNC(=O)c1cccc(CO[N+](=O)[O-])c1. The number of hydrogen-bond acceptors (Lipinski definition) is 5. The smallest absolute Gasteiger partial charge is 0.294 e. The highest BCUT2D eigenvalue weighted by Crippen LogP contribution is 2.07. The third kappa shape index (κ3) is 7.08. The van der Waals surface area contributed by atoms with Crippen LogP contribution >= 0.6 is 0 Å². The molecule has 0 aliphatic rings. The summed E-state index contributed by atoms with van der Waals surface area (Å²) < 4.78 is 0. The van der Waals surface area contributed by atoms with Crippen molar-refractivity contribution in [1.29, 1.82) is 5.41 Å². The van der Waals surface area contributed by atoms with Gasteiger partial charge in [-0.1, -0.05) is 12.1 Å². The highest BCUT2D eigenvalue weighted by atomic mass is 16.9. The maximum absolute atomic E-state index is 11.9. The number of benzene rings is 1. The lowest BCUT2D eigenvalue weighted by molar-refractivity contribution is -0.763. The summed E-state index contributed by atoms with van der Waals surface area (Å²) in [5.41, 5.74) is 6.11. The fraction of sp³-hybridized carbons (Fsp3) is 0.385. The predicted octanol–water partition coefficient (Wildman–Crippen LogP) is 0.388. The molecule has 0 heterocycles. The van der Waals surface area contributed by atoms with Crippen molar-refractivity contribution in [3.05, 3.63) is 45.5 Å². The number of guanidine groups is 1. The number of hydrogen-bond donors (Lipinski definition) is 4. The molecule has 120 valence electrons. The Kier molecular flexibility index (Phi) is 7.17. The molecular formula is C13H19N5O4. The molecule has 5 N–H and O–H groups in total. The van der Waals surface area contributed by atoms with Crippen LogP contribution in [-0.2, 0) is 11.4 Å². The number of nitrogens with two attached hydrogens (primary N) is 1. The van der Waals surface area contributed by atoms with E-state index in [1.54, 1.807) is 24.3 Å². The largest absolute Gasteiger partial charge is 0.370 e. The van der Waals surface area contributed by atoms with Crippen LogP contribution in [0.3, 0.4) is 0 Å². The normalized spacial score (nSPS) is 9.82. The average Bonchev–Trinajstić information content (AvgIpc) is 2.48. The van der Waals surface area contributed by atoms with Crippen LogP contribution in [0.5, 0.6) is 0 Å². The van der Waals surface area contributed by atoms with Crippen molar-refractivity contribution >= 4 is 11.9 Å². The van der Waals surface area contributed by atoms with Gasteiger partial charge in [0.2, 0.25) is 0 Å². The summed E-state index contributed by atoms with van der Waals surface area (Å²) in [5, 5.41) is 21.7. The zero-order chi connectivity index (χ0) is 16.4. The third-order valence-corrected chi connectivity index (χ3v) is 2.73. The lowest BCUT2D eigenvalue weighted by Gasteiger charge is -2.07. The zero-order valence-electron chi connectivity index (χ0n) is 12.0. The highest BCUT2D eigenvalue weighted by Gasteiger charge is 2.06. The van der Waals surface area contributed by atoms with E-state index in [1.165, 1.54) is 0 Å². The summed E-state index contributed by atoms with van der Waals surface area (Å²) in [4.78, 5) is 26.3. The molecule has 0 bridgehead atoms. The molecule has 0 unspecified atom stereocenters. The second-order valence-corrected chi connectivity index (χ2v) is 4.50. The van der Waals surface area contributed by atoms with Gasteiger partial charge in [-0.2, -0.15) is 0 Å². The van der Waals surface area contributed by atoms with Gasteiger partial charge in [0, 0.05) is 18.7 Å². The molecule has 1 amide bonds. The van der Waals surface area contributed by atoms with Crippen molar-refractivity contribution in [2.45, 2.75) is 19.4 Å². The van der Waals surface area contributed by atoms with Gasteiger partial charge in [0.1, 0.15) is 6.61 Å². The maximum atomic E-state index is 11.9. The summed E-state index contributed by atoms with van der Waals surface area (Å²) in [6, 6.07) is 6.47. The molecule has 0 aliphatic heterocycles. The average molecular weight is 309 g/mol. The first-order chi connectivity index (χ1) is 10.5. The Balaban J connectivity index is 2.34. The van der Waals surface area contributed by atoms with Crippen molar-refractivity contribution in [2.24, 2.45) is 5.73 Å². The summed E-state index contributed by atoms with van der Waals surface area (Å²) in [7, 11) is 0. The number of nitrogens with one attached hydrogen (secondary N) is 3. The van der Waals surface area contributed by atoms with Crippen LogP contribution in [0.15, 0.2) is 24.3 Å². The predicted molar refractivity (Wildman–Crippen MR) is 79.7 cm³/mol. The summed E-state index contributed by atoms with van der Waals surface area (Å²) in [5.74, 6) is -0.319. The number of nitrogens with zero attached hydrogens (tertiary/aromatic N) is 1. The molecule has 0 radical (unpaired) electrons. The van der Waals surface area contributed by atoms with E-state index in [-0.39, 0.29) is 18.5 Å². The highest BCUT2D eigenvalue weighted by molar-refractivity contribution is 5.94. The summed E-state index contributed by atoms with van der Waals surface area (Å²) in [6.07, 6.45) is 1.52. The van der Waals surface area contributed by atoms with Crippen molar-refractivity contribution in [1.82, 2.24) is 10.6 Å². The second-order valence-electron chi connectivity index (χ2n) is 4.50. The van der Waals surface area contributed by atoms with Crippen LogP contribution in [0, 0.1) is 15.5 Å². The molecule has 0 aliphatic carbocycles. The quantitative estimate of drug-likeness (QED) is 0.171. The van der Waals surface area contributed by atoms with Crippen LogP contribution in [0.4, 0.5) is 0 Å². The van der Waals surface area contributed by atoms with Crippen LogP contribution in [0.25, 0.3) is 0 Å². The fourth-order valence-electron chi connectivity index (χ4n) is 1.71. The van der Waals surface area contributed by atoms with Crippen LogP contribution in [0.2, 0.25) is 0 Å². The Morgan fingerprint density at radius 1 is 1.32 bits per heavy atom. The van der Waals surface area contributed by atoms with E-state index < -0.39 is 5.09 Å². The molecular weight excluding hydrogens is 290 g/mol. The van der Waals surface area contributed by atoms with E-state index in [4.69, 9.17) is 11.1 Å². The lowest BCUT2D eigenvalue weighted by Crippen LogP contribution is -2.31. The summed E-state index contributed by atoms with van der Waals surface area (Å²) in [6.45, 7) is 0.887. The van der Waals surface area contributed by atoms with Gasteiger partial charge < -0.3 is 21.2 Å². The number of carbonyl (C=O) groups excluding carboxylic acids is 1. The molecule has 0 aromatic heterocycles. The zero-order valence-corrected chi connectivity index (χ0v) is 12.0. The van der Waals surface area contributed by atoms with Crippen LogP contribution in [-0.4, -0.2) is 30.0 Å². The van der Waals surface area contributed by atoms with Crippen molar-refractivity contribution in [3.8, 4) is 0 Å². The number of unbranched alkanes of at least 4 members (excludes halogenated alkanes) is 1. The van der Waals surface area contributed by atoms with Crippen molar-refractivity contribution < 1.29 is 14.7 Å². The Morgan fingerprint density at radius 2 is 2.00 bits per heavy atom. The first-order valence-electron chi connectivity index (χ1n) is 6.71. The third-order valence-electron chi connectivity index (χ3n) is 2.73. The Morgan fingerprint density at radius 3 is 2.64 bits per heavy atom. The van der Waals surface area contributed by atoms with Gasteiger partial charge >= 0.3 is 0 Å². The van der Waals surface area contributed by atoms with Gasteiger partial charge in [0.25, 0.3) is 11.0 Å². The van der Waals surface area contributed by atoms with Gasteiger partial charge in [0.05, 0.1) is 0 Å². The topological polar surface area (TPSA) is 143 Å². The Hall–Kier alpha value is -2.84. The van der Waals surface area contributed by atoms with Crippen molar-refractivity contribution in [3.63, 3.8) is 0 Å². The number of carbonyl (C=O) groups is 1. The molecule has 9 nitrogen and oxygen atoms in total. The minimum Gasteiger partial charge on any atom is -0.370 e. The lowest BCUT2D eigenvalue weighted by atomic mass is 10.1. The second kappa shape index (κ2) is 9.16. The summed E-state index contributed by atoms with van der Waals surface area (Å²) >= 11 is 0. The molecule has 0 saturated heterocycles. The molecule has 1 aromatic carbocycles. The van der Waals surface area contributed by atoms with Gasteiger partial charge in [-0.25, -0.2) is 0 Å². The molecule has 22 heavy (non-hydrogen) atoms. The first kappa shape index (κ1) is 17.2. The van der Waals surface area contributed by atoms with Gasteiger partial charge in [-0.15, -0.1) is 10.1 Å². The van der Waals surface area contributed by atoms with Gasteiger partial charge in [0.15, 0.2) is 5.96 Å². The fourth-order valence-corrected chi connectivity index (χ4v) is 1.71. The Bertz CT molecular complexity index is 535. The van der Waals surface area contributed by atoms with E-state index in [0.717, 1.165) is 12.8 Å². The molecule has 0 atom stereocenters. The minimum atomic E-state index is -0.873. The number of rotatable bonds is 9. The van der Waals surface area contributed by atoms with Gasteiger partial charge in [-0.05, 0) is 30.5 Å². The molecule has 9 heteroatoms. The maximum Gasteiger partial charge on any atom is 0.294 e. The van der Waals surface area contributed by atoms with Crippen LogP contribution < -0.4 is 16.4 Å². The van der Waals surface area contributed by atoms with E-state index in [9.17, 15) is 14.9 Å². The van der Waals surface area contributed by atoms with E-state index in [0.29, 0.717) is 24.2 Å². The van der Waals surface area contributed by atoms with E-state index in [1.807, 2.05) is 0 Å². The standard InChI is InChI=1S/C13H19N5O4/c14-13(15)17-7-2-1-6-16-12(19)11-5-3-4-10(8-11)9-22-18(20)21/h3-5,8H,1-2,6-7,9H2,(H,16,19)(H4,14,15,17). The molecule has 1 aromatic rings. The van der Waals surface area contributed by atoms with Gasteiger partial charge in [-0.3, -0.25) is 10.2 Å². The minimum absolute atomic E-state index is 0.0715. The van der Waals surface area contributed by atoms with E-state index in [2.05, 4.69) is 15.5 Å². The monoisotopic (exact) mass is 309 g/mol. The first-order valence-corrected chi connectivity index (χ1v) is 6.71. The Labute approximate surface area is 127 Å². The molecule has 0 saturated carbocycles. The molecule has 0 spiro atoms.